The Labute approximate surface area is 86.8 Å². The summed E-state index contributed by atoms with van der Waals surface area (Å²) < 4.78 is 0. The molecule has 0 unspecified atom stereocenters. The van der Waals surface area contributed by atoms with Crippen LogP contribution in [0.4, 0.5) is 5.82 Å². The van der Waals surface area contributed by atoms with Gasteiger partial charge in [-0.15, -0.1) is 0 Å². The Balaban J connectivity index is 2.42. The maximum absolute atomic E-state index is 4.32. The Morgan fingerprint density at radius 3 is 2.93 bits per heavy atom. The summed E-state index contributed by atoms with van der Waals surface area (Å²) in [4.78, 5) is 8.58. The van der Waals surface area contributed by atoms with Crippen LogP contribution in [-0.2, 0) is 0 Å². The zero-order valence-corrected chi connectivity index (χ0v) is 8.71. The largest absolute Gasteiger partial charge is 0.369 e. The van der Waals surface area contributed by atoms with Crippen LogP contribution in [0.15, 0.2) is 29.2 Å². The van der Waals surface area contributed by atoms with E-state index in [2.05, 4.69) is 26.7 Å². The molecule has 4 heteroatoms. The van der Waals surface area contributed by atoms with Crippen molar-refractivity contribution in [2.45, 2.75) is 6.92 Å². The number of nitrogens with zero attached hydrogens (tertiary/aromatic N) is 2. The highest BCUT2D eigenvalue weighted by Crippen LogP contribution is 2.24. The molecular weight excluding hydrogens is 194 g/mol. The summed E-state index contributed by atoms with van der Waals surface area (Å²) >= 11 is 1.67. The van der Waals surface area contributed by atoms with Gasteiger partial charge in [0.25, 0.3) is 0 Å². The summed E-state index contributed by atoms with van der Waals surface area (Å²) in [7, 11) is 0. The van der Waals surface area contributed by atoms with E-state index >= 15 is 0 Å². The van der Waals surface area contributed by atoms with Gasteiger partial charge in [-0.3, -0.25) is 4.98 Å². The van der Waals surface area contributed by atoms with E-state index in [9.17, 15) is 0 Å². The van der Waals surface area contributed by atoms with Gasteiger partial charge in [-0.2, -0.15) is 11.3 Å². The molecule has 14 heavy (non-hydrogen) atoms. The molecule has 2 rings (SSSR count). The van der Waals surface area contributed by atoms with Gasteiger partial charge >= 0.3 is 0 Å². The molecule has 2 aromatic heterocycles. The Morgan fingerprint density at radius 1 is 1.36 bits per heavy atom. The van der Waals surface area contributed by atoms with E-state index in [0.717, 1.165) is 23.6 Å². The summed E-state index contributed by atoms with van der Waals surface area (Å²) in [5, 5.41) is 7.31. The van der Waals surface area contributed by atoms with E-state index in [0.29, 0.717) is 0 Å². The van der Waals surface area contributed by atoms with Crippen LogP contribution >= 0.6 is 11.3 Å². The van der Waals surface area contributed by atoms with E-state index in [-0.39, 0.29) is 0 Å². The van der Waals surface area contributed by atoms with Crippen molar-refractivity contribution in [3.63, 3.8) is 0 Å². The van der Waals surface area contributed by atoms with E-state index in [4.69, 9.17) is 0 Å². The van der Waals surface area contributed by atoms with Crippen LogP contribution in [0.3, 0.4) is 0 Å². The van der Waals surface area contributed by atoms with E-state index in [1.165, 1.54) is 0 Å². The summed E-state index contributed by atoms with van der Waals surface area (Å²) in [5.41, 5.74) is 2.05. The van der Waals surface area contributed by atoms with E-state index in [1.54, 1.807) is 23.7 Å². The zero-order valence-electron chi connectivity index (χ0n) is 7.90. The lowest BCUT2D eigenvalue weighted by Gasteiger charge is -2.05. The molecule has 0 fully saturated rings. The Kier molecular flexibility index (Phi) is 2.74. The van der Waals surface area contributed by atoms with Gasteiger partial charge in [0.15, 0.2) is 5.82 Å². The quantitative estimate of drug-likeness (QED) is 0.837. The molecule has 1 N–H and O–H groups in total. The average Bonchev–Trinajstić information content (AvgIpc) is 2.72. The molecule has 72 valence electrons. The zero-order chi connectivity index (χ0) is 9.80. The molecule has 0 aliphatic carbocycles. The minimum Gasteiger partial charge on any atom is -0.369 e. The lowest BCUT2D eigenvalue weighted by molar-refractivity contribution is 1.13. The van der Waals surface area contributed by atoms with Crippen molar-refractivity contribution in [2.24, 2.45) is 0 Å². The second-order valence-electron chi connectivity index (χ2n) is 2.80. The first-order valence-corrected chi connectivity index (χ1v) is 5.43. The predicted molar refractivity (Wildman–Crippen MR) is 59.5 cm³/mol. The lowest BCUT2D eigenvalue weighted by Crippen LogP contribution is -2.01. The molecule has 0 aliphatic rings. The van der Waals surface area contributed by atoms with Gasteiger partial charge in [-0.05, 0) is 18.4 Å². The fourth-order valence-corrected chi connectivity index (χ4v) is 1.89. The third-order valence-corrected chi connectivity index (χ3v) is 2.52. The molecule has 0 amide bonds. The Hall–Kier alpha value is -1.42. The molecule has 0 aromatic carbocycles. The monoisotopic (exact) mass is 205 g/mol. The van der Waals surface area contributed by atoms with Gasteiger partial charge in [-0.25, -0.2) is 4.98 Å². The maximum Gasteiger partial charge on any atom is 0.152 e. The molecule has 0 bridgehead atoms. The van der Waals surface area contributed by atoms with Crippen LogP contribution in [0.2, 0.25) is 0 Å². The number of nitrogens with one attached hydrogen (secondary N) is 1. The van der Waals surface area contributed by atoms with Crippen molar-refractivity contribution in [1.29, 1.82) is 0 Å². The SMILES string of the molecule is CCNc1nccnc1-c1ccsc1. The van der Waals surface area contributed by atoms with Gasteiger partial charge in [0, 0.05) is 29.9 Å². The van der Waals surface area contributed by atoms with Crippen LogP contribution in [-0.4, -0.2) is 16.5 Å². The topological polar surface area (TPSA) is 37.8 Å². The van der Waals surface area contributed by atoms with Crippen molar-refractivity contribution < 1.29 is 0 Å². The highest BCUT2D eigenvalue weighted by molar-refractivity contribution is 7.08. The van der Waals surface area contributed by atoms with Crippen LogP contribution in [0.5, 0.6) is 0 Å². The van der Waals surface area contributed by atoms with Crippen molar-refractivity contribution in [3.05, 3.63) is 29.2 Å². The first kappa shape index (κ1) is 9.15. The smallest absolute Gasteiger partial charge is 0.152 e. The molecule has 0 saturated heterocycles. The number of hydrogen-bond acceptors (Lipinski definition) is 4. The van der Waals surface area contributed by atoms with Gasteiger partial charge in [-0.1, -0.05) is 0 Å². The van der Waals surface area contributed by atoms with Crippen LogP contribution in [0.25, 0.3) is 11.3 Å². The number of aromatic nitrogens is 2. The van der Waals surface area contributed by atoms with E-state index < -0.39 is 0 Å². The molecular formula is C10H11N3S. The van der Waals surface area contributed by atoms with Gasteiger partial charge in [0.05, 0.1) is 0 Å². The van der Waals surface area contributed by atoms with Crippen LogP contribution in [0.1, 0.15) is 6.92 Å². The second-order valence-corrected chi connectivity index (χ2v) is 3.58. The highest BCUT2D eigenvalue weighted by Gasteiger charge is 2.06. The van der Waals surface area contributed by atoms with Crippen LogP contribution in [0, 0.1) is 0 Å². The lowest BCUT2D eigenvalue weighted by atomic mass is 10.2. The van der Waals surface area contributed by atoms with Gasteiger partial charge < -0.3 is 5.32 Å². The Morgan fingerprint density at radius 2 is 2.21 bits per heavy atom. The van der Waals surface area contributed by atoms with Crippen molar-refractivity contribution in [1.82, 2.24) is 9.97 Å². The van der Waals surface area contributed by atoms with E-state index in [1.807, 2.05) is 12.3 Å². The standard InChI is InChI=1S/C10H11N3S/c1-2-11-10-9(12-4-5-13-10)8-3-6-14-7-8/h3-7H,2H2,1H3,(H,11,13). The minimum atomic E-state index is 0.855. The number of hydrogen-bond donors (Lipinski definition) is 1. The fourth-order valence-electron chi connectivity index (χ4n) is 1.25. The summed E-state index contributed by atoms with van der Waals surface area (Å²) in [6, 6.07) is 2.05. The van der Waals surface area contributed by atoms with Gasteiger partial charge in [0.2, 0.25) is 0 Å². The third-order valence-electron chi connectivity index (χ3n) is 1.84. The molecule has 0 aliphatic heterocycles. The first-order valence-electron chi connectivity index (χ1n) is 4.49. The molecule has 0 radical (unpaired) electrons. The summed E-state index contributed by atoms with van der Waals surface area (Å²) in [6.45, 7) is 2.90. The number of thiophene rings is 1. The Bertz CT molecular complexity index is 398. The summed E-state index contributed by atoms with van der Waals surface area (Å²) in [6.07, 6.45) is 3.42. The molecule has 2 heterocycles. The normalized spacial score (nSPS) is 10.1. The predicted octanol–water partition coefficient (Wildman–Crippen LogP) is 2.64. The average molecular weight is 205 g/mol. The van der Waals surface area contributed by atoms with Crippen LogP contribution < -0.4 is 5.32 Å². The molecule has 3 nitrogen and oxygen atoms in total. The molecule has 0 atom stereocenters. The molecule has 2 aromatic rings. The van der Waals surface area contributed by atoms with Crippen molar-refractivity contribution in [3.8, 4) is 11.3 Å². The molecule has 0 spiro atoms. The van der Waals surface area contributed by atoms with Gasteiger partial charge in [0.1, 0.15) is 5.69 Å². The minimum absolute atomic E-state index is 0.855. The second kappa shape index (κ2) is 4.19. The van der Waals surface area contributed by atoms with Crippen molar-refractivity contribution >= 4 is 17.2 Å². The number of anilines is 1. The number of rotatable bonds is 3. The fraction of sp³-hybridized carbons (Fsp3) is 0.200. The summed E-state index contributed by atoms with van der Waals surface area (Å²) in [5.74, 6) is 0.855. The first-order chi connectivity index (χ1) is 6.92. The van der Waals surface area contributed by atoms with Crippen molar-refractivity contribution in [2.75, 3.05) is 11.9 Å². The third kappa shape index (κ3) is 1.75. The molecule has 0 saturated carbocycles. The maximum atomic E-state index is 4.32. The highest BCUT2D eigenvalue weighted by atomic mass is 32.1.